The van der Waals surface area contributed by atoms with Gasteiger partial charge in [-0.1, -0.05) is 45.1 Å². The average Bonchev–Trinajstić information content (AvgIpc) is 3.20. The molecule has 0 saturated heterocycles. The maximum Gasteiger partial charge on any atom is 0.330 e. The molecule has 3 rings (SSSR count). The summed E-state index contributed by atoms with van der Waals surface area (Å²) in [6.45, 7) is 9.46. The highest BCUT2D eigenvalue weighted by atomic mass is 16.6. The Morgan fingerprint density at radius 1 is 1.16 bits per heavy atom. The summed E-state index contributed by atoms with van der Waals surface area (Å²) < 4.78 is 11.1. The van der Waals surface area contributed by atoms with Gasteiger partial charge in [0.2, 0.25) is 0 Å². The Hall–Kier alpha value is -2.88. The number of carbonyl (C=O) groups is 4. The molecular formula is C29H38O9. The zero-order valence-corrected chi connectivity index (χ0v) is 22.8. The zero-order chi connectivity index (χ0) is 28.7. The summed E-state index contributed by atoms with van der Waals surface area (Å²) in [5.41, 5.74) is -4.72. The van der Waals surface area contributed by atoms with Crippen LogP contribution in [0.5, 0.6) is 0 Å². The van der Waals surface area contributed by atoms with Crippen molar-refractivity contribution in [2.75, 3.05) is 13.2 Å². The van der Waals surface area contributed by atoms with Gasteiger partial charge in [0.25, 0.3) is 0 Å². The third-order valence-electron chi connectivity index (χ3n) is 8.91. The number of ether oxygens (including phenoxy) is 2. The van der Waals surface area contributed by atoms with E-state index < -0.39 is 70.2 Å². The first kappa shape index (κ1) is 29.7. The molecule has 1 fully saturated rings. The fourth-order valence-electron chi connectivity index (χ4n) is 6.66. The molecule has 9 nitrogen and oxygen atoms in total. The molecule has 7 atom stereocenters. The van der Waals surface area contributed by atoms with Crippen molar-refractivity contribution in [3.63, 3.8) is 0 Å². The highest BCUT2D eigenvalue weighted by Gasteiger charge is 2.77. The second-order valence-electron chi connectivity index (χ2n) is 11.5. The molecule has 0 radical (unpaired) electrons. The van der Waals surface area contributed by atoms with E-state index in [0.29, 0.717) is 17.4 Å². The minimum absolute atomic E-state index is 0.171. The largest absolute Gasteiger partial charge is 0.462 e. The van der Waals surface area contributed by atoms with Crippen molar-refractivity contribution < 1.29 is 44.0 Å². The number of hydrogen-bond donors (Lipinski definition) is 3. The van der Waals surface area contributed by atoms with Gasteiger partial charge < -0.3 is 24.8 Å². The first-order valence-corrected chi connectivity index (χ1v) is 12.7. The third-order valence-corrected chi connectivity index (χ3v) is 8.91. The van der Waals surface area contributed by atoms with Crippen LogP contribution in [0.3, 0.4) is 0 Å². The number of allylic oxidation sites excluding steroid dienone is 3. The minimum atomic E-state index is -2.00. The molecule has 0 amide bonds. The molecule has 1 saturated carbocycles. The minimum Gasteiger partial charge on any atom is -0.462 e. The van der Waals surface area contributed by atoms with Crippen LogP contribution < -0.4 is 0 Å². The fraction of sp³-hybridized carbons (Fsp3) is 0.586. The van der Waals surface area contributed by atoms with Crippen LogP contribution >= 0.6 is 0 Å². The summed E-state index contributed by atoms with van der Waals surface area (Å²) in [7, 11) is 0. The van der Waals surface area contributed by atoms with Gasteiger partial charge in [0, 0.05) is 48.5 Å². The number of aliphatic hydroxyl groups is 3. The van der Waals surface area contributed by atoms with Gasteiger partial charge in [0.15, 0.2) is 5.78 Å². The molecule has 0 spiro atoms. The molecule has 0 aromatic carbocycles. The van der Waals surface area contributed by atoms with Crippen molar-refractivity contribution in [3.05, 3.63) is 47.6 Å². The molecule has 0 heterocycles. The maximum absolute atomic E-state index is 13.2. The normalized spacial score (nSPS) is 36.8. The first-order valence-electron chi connectivity index (χ1n) is 12.7. The number of Topliss-reactive ketones (excluding diaryl/α,β-unsaturated/α-hetero) is 1. The van der Waals surface area contributed by atoms with Crippen LogP contribution in [0.15, 0.2) is 47.6 Å². The molecule has 0 aliphatic heterocycles. The van der Waals surface area contributed by atoms with Gasteiger partial charge in [-0.05, 0) is 31.1 Å². The van der Waals surface area contributed by atoms with Crippen molar-refractivity contribution in [1.29, 1.82) is 0 Å². The molecule has 3 N–H and O–H groups in total. The molecule has 3 aliphatic rings. The van der Waals surface area contributed by atoms with E-state index in [4.69, 9.17) is 9.47 Å². The first-order chi connectivity index (χ1) is 17.6. The van der Waals surface area contributed by atoms with Crippen molar-refractivity contribution in [2.24, 2.45) is 29.1 Å². The lowest BCUT2D eigenvalue weighted by molar-refractivity contribution is -0.174. The van der Waals surface area contributed by atoms with Crippen LogP contribution in [0.2, 0.25) is 0 Å². The Kier molecular flexibility index (Phi) is 8.09. The monoisotopic (exact) mass is 530 g/mol. The van der Waals surface area contributed by atoms with Gasteiger partial charge in [-0.3, -0.25) is 14.4 Å². The average molecular weight is 531 g/mol. The Morgan fingerprint density at radius 3 is 2.39 bits per heavy atom. The number of carbonyl (C=O) groups excluding carboxylic acids is 4. The fourth-order valence-corrected chi connectivity index (χ4v) is 6.66. The van der Waals surface area contributed by atoms with Crippen LogP contribution in [0.25, 0.3) is 0 Å². The Morgan fingerprint density at radius 2 is 1.82 bits per heavy atom. The van der Waals surface area contributed by atoms with Gasteiger partial charge in [-0.2, -0.15) is 0 Å². The predicted molar refractivity (Wildman–Crippen MR) is 137 cm³/mol. The number of esters is 2. The molecule has 208 valence electrons. The summed E-state index contributed by atoms with van der Waals surface area (Å²) in [6, 6.07) is 0. The third kappa shape index (κ3) is 4.72. The maximum atomic E-state index is 13.2. The summed E-state index contributed by atoms with van der Waals surface area (Å²) in [4.78, 5) is 47.9. The highest BCUT2D eigenvalue weighted by molar-refractivity contribution is 6.04. The number of rotatable bonds is 9. The molecule has 0 aromatic rings. The standard InChI is InChI=1S/C29H38O9/c1-17-12-22-28(35,25(17)34)14-20(15-31)13-21(24-26(4,5)27(24,6)38-19(3)32)29(22,36)18(2)16-37-23(33)10-8-7-9-11-30/h7-13,18,21-22,24,31,35-36H,14-16H2,1-6H3/b9-7+,10-8+/t18-,21+,22-,24-,27+,28-,29-/m1/s1. The van der Waals surface area contributed by atoms with Crippen LogP contribution in [0.1, 0.15) is 48.0 Å². The quantitative estimate of drug-likeness (QED) is 0.134. The van der Waals surface area contributed by atoms with Crippen LogP contribution in [0.4, 0.5) is 0 Å². The van der Waals surface area contributed by atoms with E-state index in [1.165, 1.54) is 25.2 Å². The van der Waals surface area contributed by atoms with Crippen molar-refractivity contribution in [2.45, 2.75) is 64.8 Å². The number of hydrogen-bond acceptors (Lipinski definition) is 9. The molecule has 9 heteroatoms. The van der Waals surface area contributed by atoms with E-state index in [1.807, 2.05) is 13.8 Å². The lowest BCUT2D eigenvalue weighted by atomic mass is 9.63. The number of ketones is 1. The van der Waals surface area contributed by atoms with E-state index in [-0.39, 0.29) is 13.0 Å². The zero-order valence-electron chi connectivity index (χ0n) is 22.8. The Labute approximate surface area is 222 Å². The van der Waals surface area contributed by atoms with Crippen LogP contribution in [0, 0.1) is 29.1 Å². The molecule has 0 aromatic heterocycles. The highest BCUT2D eigenvalue weighted by Crippen LogP contribution is 2.70. The van der Waals surface area contributed by atoms with E-state index in [2.05, 4.69) is 0 Å². The van der Waals surface area contributed by atoms with Crippen molar-refractivity contribution in [3.8, 4) is 0 Å². The SMILES string of the molecule is CC(=O)O[C@@]1(C)[C@H]([C@@H]2C=C(CO)C[C@]3(O)C(=O)C(C)=C[C@H]3[C@@]2(O)[C@H](C)COC(=O)/C=C/C=C/C=O)C1(C)C. The molecule has 0 unspecified atom stereocenters. The van der Waals surface area contributed by atoms with Crippen LogP contribution in [-0.4, -0.2) is 69.3 Å². The second kappa shape index (κ2) is 10.4. The summed E-state index contributed by atoms with van der Waals surface area (Å²) in [5, 5.41) is 34.5. The predicted octanol–water partition coefficient (Wildman–Crippen LogP) is 2.00. The number of aldehydes is 1. The van der Waals surface area contributed by atoms with Gasteiger partial charge in [-0.25, -0.2) is 4.79 Å². The number of aliphatic hydroxyl groups excluding tert-OH is 1. The molecule has 38 heavy (non-hydrogen) atoms. The molecule has 0 bridgehead atoms. The summed E-state index contributed by atoms with van der Waals surface area (Å²) in [5.74, 6) is -4.81. The van der Waals surface area contributed by atoms with Gasteiger partial charge in [-0.15, -0.1) is 0 Å². The van der Waals surface area contributed by atoms with E-state index in [9.17, 15) is 34.5 Å². The van der Waals surface area contributed by atoms with E-state index >= 15 is 0 Å². The van der Waals surface area contributed by atoms with Gasteiger partial charge >= 0.3 is 11.9 Å². The van der Waals surface area contributed by atoms with Gasteiger partial charge in [0.05, 0.1) is 18.8 Å². The van der Waals surface area contributed by atoms with Crippen molar-refractivity contribution in [1.82, 2.24) is 0 Å². The Bertz CT molecular complexity index is 1130. The number of fused-ring (bicyclic) bond motifs is 1. The molecule has 3 aliphatic carbocycles. The van der Waals surface area contributed by atoms with E-state index in [0.717, 1.165) is 6.08 Å². The lowest BCUT2D eigenvalue weighted by Crippen LogP contribution is -2.59. The second-order valence-corrected chi connectivity index (χ2v) is 11.5. The van der Waals surface area contributed by atoms with Crippen molar-refractivity contribution >= 4 is 24.0 Å². The van der Waals surface area contributed by atoms with Crippen LogP contribution in [-0.2, 0) is 28.7 Å². The topological polar surface area (TPSA) is 147 Å². The van der Waals surface area contributed by atoms with Gasteiger partial charge in [0.1, 0.15) is 17.5 Å². The lowest BCUT2D eigenvalue weighted by Gasteiger charge is -2.47. The Balaban J connectivity index is 2.09. The molecular weight excluding hydrogens is 492 g/mol. The smallest absolute Gasteiger partial charge is 0.330 e. The summed E-state index contributed by atoms with van der Waals surface area (Å²) >= 11 is 0. The van der Waals surface area contributed by atoms with E-state index in [1.54, 1.807) is 32.9 Å². The summed E-state index contributed by atoms with van der Waals surface area (Å²) in [6.07, 6.45) is 8.70.